The van der Waals surface area contributed by atoms with Gasteiger partial charge in [-0.05, 0) is 47.9 Å². The second-order valence-corrected chi connectivity index (χ2v) is 5.85. The van der Waals surface area contributed by atoms with E-state index in [9.17, 15) is 9.59 Å². The van der Waals surface area contributed by atoms with Gasteiger partial charge >= 0.3 is 11.9 Å². The van der Waals surface area contributed by atoms with E-state index in [1.165, 1.54) is 7.11 Å². The number of unbranched alkanes of at least 4 members (excludes halogenated alkanes) is 1. The van der Waals surface area contributed by atoms with Crippen LogP contribution >= 0.6 is 0 Å². The highest BCUT2D eigenvalue weighted by Gasteiger charge is 2.15. The van der Waals surface area contributed by atoms with Crippen molar-refractivity contribution in [3.8, 4) is 0 Å². The summed E-state index contributed by atoms with van der Waals surface area (Å²) in [5.41, 5.74) is 0.962. The van der Waals surface area contributed by atoms with Crippen molar-refractivity contribution < 1.29 is 19.1 Å². The summed E-state index contributed by atoms with van der Waals surface area (Å²) < 4.78 is 10.3. The minimum absolute atomic E-state index is 0.0467. The van der Waals surface area contributed by atoms with Gasteiger partial charge in [0.2, 0.25) is 0 Å². The average Bonchev–Trinajstić information content (AvgIpc) is 2.63. The van der Waals surface area contributed by atoms with Crippen LogP contribution in [-0.2, 0) is 9.47 Å². The molecule has 0 amide bonds. The zero-order valence-corrected chi connectivity index (χ0v) is 14.5. The largest absolute Gasteiger partial charge is 0.465 e. The summed E-state index contributed by atoms with van der Waals surface area (Å²) >= 11 is 0. The summed E-state index contributed by atoms with van der Waals surface area (Å²) in [6.45, 7) is 4.15. The van der Waals surface area contributed by atoms with Crippen molar-refractivity contribution in [1.82, 2.24) is 0 Å². The normalized spacial score (nSPS) is 12.0. The molecule has 0 N–H and O–H groups in total. The van der Waals surface area contributed by atoms with Crippen LogP contribution in [0.5, 0.6) is 0 Å². The maximum atomic E-state index is 12.4. The summed E-state index contributed by atoms with van der Waals surface area (Å²) in [5.74, 6) is -0.709. The number of hydrogen-bond acceptors (Lipinski definition) is 4. The molecular formula is C20H24O4. The predicted octanol–water partition coefficient (Wildman–Crippen LogP) is 4.75. The molecule has 0 spiro atoms. The van der Waals surface area contributed by atoms with Crippen molar-refractivity contribution in [2.75, 3.05) is 7.11 Å². The van der Waals surface area contributed by atoms with Crippen LogP contribution in [0.3, 0.4) is 0 Å². The molecule has 0 aromatic heterocycles. The van der Waals surface area contributed by atoms with E-state index in [0.29, 0.717) is 11.1 Å². The average molecular weight is 328 g/mol. The molecule has 2 aromatic carbocycles. The number of benzene rings is 2. The molecule has 0 aliphatic heterocycles. The molecule has 4 heteroatoms. The van der Waals surface area contributed by atoms with Gasteiger partial charge in [0.25, 0.3) is 0 Å². The Bertz CT molecular complexity index is 721. The lowest BCUT2D eigenvalue weighted by Crippen LogP contribution is -2.17. The van der Waals surface area contributed by atoms with E-state index in [1.807, 2.05) is 19.1 Å². The van der Waals surface area contributed by atoms with Crippen molar-refractivity contribution in [2.24, 2.45) is 0 Å². The Balaban J connectivity index is 2.21. The molecule has 0 fully saturated rings. The van der Waals surface area contributed by atoms with Gasteiger partial charge in [-0.25, -0.2) is 9.59 Å². The van der Waals surface area contributed by atoms with Gasteiger partial charge < -0.3 is 9.47 Å². The fourth-order valence-corrected chi connectivity index (χ4v) is 2.62. The fraction of sp³-hybridized carbons (Fsp3) is 0.400. The molecule has 4 nitrogen and oxygen atoms in total. The Hall–Kier alpha value is -2.36. The molecule has 0 saturated heterocycles. The molecule has 0 radical (unpaired) electrons. The number of carbonyl (C=O) groups is 2. The first-order valence-electron chi connectivity index (χ1n) is 8.42. The van der Waals surface area contributed by atoms with E-state index in [-0.39, 0.29) is 12.1 Å². The standard InChI is InChI=1S/C20H24O4/c1-4-6-7-18(5-2)24-20(22)16-11-9-14-8-10-15(19(21)23-3)12-17(14)13-16/h8-13,18H,4-7H2,1-3H3. The second kappa shape index (κ2) is 8.48. The zero-order chi connectivity index (χ0) is 17.5. The minimum atomic E-state index is -0.393. The molecule has 128 valence electrons. The molecule has 0 saturated carbocycles. The van der Waals surface area contributed by atoms with Crippen molar-refractivity contribution in [1.29, 1.82) is 0 Å². The van der Waals surface area contributed by atoms with Crippen LogP contribution in [0.4, 0.5) is 0 Å². The number of ether oxygens (including phenoxy) is 2. The van der Waals surface area contributed by atoms with E-state index < -0.39 is 5.97 Å². The molecule has 1 unspecified atom stereocenters. The van der Waals surface area contributed by atoms with Crippen LogP contribution in [0.2, 0.25) is 0 Å². The van der Waals surface area contributed by atoms with Crippen LogP contribution in [-0.4, -0.2) is 25.2 Å². The first-order valence-corrected chi connectivity index (χ1v) is 8.42. The Kier molecular flexibility index (Phi) is 6.36. The monoisotopic (exact) mass is 328 g/mol. The van der Waals surface area contributed by atoms with Crippen molar-refractivity contribution in [3.63, 3.8) is 0 Å². The number of esters is 2. The third-order valence-corrected chi connectivity index (χ3v) is 4.11. The third kappa shape index (κ3) is 4.34. The highest BCUT2D eigenvalue weighted by atomic mass is 16.5. The molecule has 2 aromatic rings. The summed E-state index contributed by atoms with van der Waals surface area (Å²) in [5, 5.41) is 1.77. The first-order chi connectivity index (χ1) is 11.6. The lowest BCUT2D eigenvalue weighted by atomic mass is 10.0. The smallest absolute Gasteiger partial charge is 0.338 e. The molecule has 2 rings (SSSR count). The summed E-state index contributed by atoms with van der Waals surface area (Å²) in [6, 6.07) is 10.7. The van der Waals surface area contributed by atoms with Crippen LogP contribution in [0, 0.1) is 0 Å². The molecule has 1 atom stereocenters. The molecule has 0 aliphatic rings. The SMILES string of the molecule is CCCCC(CC)OC(=O)c1ccc2ccc(C(=O)OC)cc2c1. The Morgan fingerprint density at radius 3 is 2.12 bits per heavy atom. The molecular weight excluding hydrogens is 304 g/mol. The van der Waals surface area contributed by atoms with Gasteiger partial charge in [-0.15, -0.1) is 0 Å². The molecule has 0 aliphatic carbocycles. The van der Waals surface area contributed by atoms with Gasteiger partial charge in [-0.2, -0.15) is 0 Å². The predicted molar refractivity (Wildman–Crippen MR) is 94.3 cm³/mol. The fourth-order valence-electron chi connectivity index (χ4n) is 2.62. The Morgan fingerprint density at radius 1 is 0.958 bits per heavy atom. The van der Waals surface area contributed by atoms with Crippen molar-refractivity contribution in [2.45, 2.75) is 45.6 Å². The van der Waals surface area contributed by atoms with E-state index in [1.54, 1.807) is 24.3 Å². The zero-order valence-electron chi connectivity index (χ0n) is 14.5. The van der Waals surface area contributed by atoms with Crippen LogP contribution in [0.1, 0.15) is 60.2 Å². The van der Waals surface area contributed by atoms with Gasteiger partial charge in [0, 0.05) is 0 Å². The van der Waals surface area contributed by atoms with Gasteiger partial charge in [-0.3, -0.25) is 0 Å². The molecule has 0 heterocycles. The number of hydrogen-bond donors (Lipinski definition) is 0. The second-order valence-electron chi connectivity index (χ2n) is 5.85. The highest BCUT2D eigenvalue weighted by Crippen LogP contribution is 2.20. The summed E-state index contributed by atoms with van der Waals surface area (Å²) in [4.78, 5) is 24.0. The highest BCUT2D eigenvalue weighted by molar-refractivity contribution is 5.99. The summed E-state index contributed by atoms with van der Waals surface area (Å²) in [6.07, 6.45) is 3.78. The number of carbonyl (C=O) groups excluding carboxylic acids is 2. The summed E-state index contributed by atoms with van der Waals surface area (Å²) in [7, 11) is 1.35. The van der Waals surface area contributed by atoms with E-state index >= 15 is 0 Å². The third-order valence-electron chi connectivity index (χ3n) is 4.11. The number of fused-ring (bicyclic) bond motifs is 1. The van der Waals surface area contributed by atoms with Gasteiger partial charge in [-0.1, -0.05) is 38.8 Å². The molecule has 24 heavy (non-hydrogen) atoms. The van der Waals surface area contributed by atoms with Crippen LogP contribution < -0.4 is 0 Å². The molecule has 0 bridgehead atoms. The van der Waals surface area contributed by atoms with Gasteiger partial charge in [0.15, 0.2) is 0 Å². The van der Waals surface area contributed by atoms with E-state index in [0.717, 1.165) is 36.5 Å². The number of rotatable bonds is 7. The van der Waals surface area contributed by atoms with Crippen molar-refractivity contribution >= 4 is 22.7 Å². The Morgan fingerprint density at radius 2 is 1.58 bits per heavy atom. The Labute approximate surface area is 142 Å². The van der Waals surface area contributed by atoms with Crippen LogP contribution in [0.15, 0.2) is 36.4 Å². The van der Waals surface area contributed by atoms with E-state index in [2.05, 4.69) is 6.92 Å². The van der Waals surface area contributed by atoms with Gasteiger partial charge in [0.05, 0.1) is 18.2 Å². The minimum Gasteiger partial charge on any atom is -0.465 e. The topological polar surface area (TPSA) is 52.6 Å². The lowest BCUT2D eigenvalue weighted by molar-refractivity contribution is 0.0268. The quantitative estimate of drug-likeness (QED) is 0.688. The number of methoxy groups -OCH3 is 1. The van der Waals surface area contributed by atoms with Crippen molar-refractivity contribution in [3.05, 3.63) is 47.5 Å². The van der Waals surface area contributed by atoms with E-state index in [4.69, 9.17) is 9.47 Å². The lowest BCUT2D eigenvalue weighted by Gasteiger charge is -2.16. The first kappa shape index (κ1) is 18.0. The maximum Gasteiger partial charge on any atom is 0.338 e. The van der Waals surface area contributed by atoms with Gasteiger partial charge in [0.1, 0.15) is 6.10 Å². The van der Waals surface area contributed by atoms with Crippen LogP contribution in [0.25, 0.3) is 10.8 Å². The maximum absolute atomic E-state index is 12.4.